The van der Waals surface area contributed by atoms with Gasteiger partial charge in [-0.05, 0) is 70.2 Å². The number of nitrogens with zero attached hydrogens (tertiary/aromatic N) is 3. The number of pyridine rings is 1. The molecule has 3 aromatic rings. The molecule has 0 saturated carbocycles. The molecule has 12 heteroatoms. The zero-order chi connectivity index (χ0) is 28.2. The summed E-state index contributed by atoms with van der Waals surface area (Å²) in [5.74, 6) is -0.666. The van der Waals surface area contributed by atoms with Gasteiger partial charge in [0.15, 0.2) is 0 Å². The van der Waals surface area contributed by atoms with Crippen molar-refractivity contribution in [2.45, 2.75) is 45.6 Å². The number of hydrogen-bond acceptors (Lipinski definition) is 6. The van der Waals surface area contributed by atoms with Crippen molar-refractivity contribution in [1.82, 2.24) is 20.1 Å². The second-order valence-corrected chi connectivity index (χ2v) is 11.1. The van der Waals surface area contributed by atoms with Crippen LogP contribution in [0.15, 0.2) is 42.7 Å². The number of piperidine rings is 1. The summed E-state index contributed by atoms with van der Waals surface area (Å²) in [5, 5.41) is 12.2. The fourth-order valence-corrected chi connectivity index (χ4v) is 4.78. The number of H-pyrrole nitrogens is 1. The molecule has 1 aromatic carbocycles. The Bertz CT molecular complexity index is 1320. The lowest BCUT2D eigenvalue weighted by molar-refractivity contribution is 0.0184. The van der Waals surface area contributed by atoms with E-state index >= 15 is 0 Å². The Morgan fingerprint density at radius 2 is 1.72 bits per heavy atom. The van der Waals surface area contributed by atoms with Gasteiger partial charge in [-0.2, -0.15) is 5.10 Å². The molecular formula is C27H30Cl2N6O4. The molecule has 3 N–H and O–H groups in total. The molecule has 1 saturated heterocycles. The number of anilines is 2. The number of rotatable bonds is 6. The Morgan fingerprint density at radius 1 is 1.03 bits per heavy atom. The van der Waals surface area contributed by atoms with Crippen LogP contribution >= 0.6 is 23.2 Å². The third-order valence-corrected chi connectivity index (χ3v) is 6.78. The number of ether oxygens (including phenoxy) is 1. The topological polar surface area (TPSA) is 129 Å². The smallest absolute Gasteiger partial charge is 0.410 e. The van der Waals surface area contributed by atoms with Gasteiger partial charge in [0.05, 0.1) is 39.4 Å². The molecule has 39 heavy (non-hydrogen) atoms. The van der Waals surface area contributed by atoms with Crippen LogP contribution in [0.5, 0.6) is 0 Å². The highest BCUT2D eigenvalue weighted by molar-refractivity contribution is 6.40. The molecule has 1 aliphatic heterocycles. The largest absolute Gasteiger partial charge is 0.444 e. The Hall–Kier alpha value is -3.63. The number of benzene rings is 1. The molecular weight excluding hydrogens is 543 g/mol. The summed E-state index contributed by atoms with van der Waals surface area (Å²) in [7, 11) is 0. The number of likely N-dealkylation sites (tertiary alicyclic amines) is 1. The van der Waals surface area contributed by atoms with Gasteiger partial charge in [-0.15, -0.1) is 0 Å². The maximum Gasteiger partial charge on any atom is 0.410 e. The van der Waals surface area contributed by atoms with Crippen LogP contribution in [0.3, 0.4) is 0 Å². The van der Waals surface area contributed by atoms with Crippen LogP contribution in [0, 0.1) is 5.92 Å². The minimum Gasteiger partial charge on any atom is -0.444 e. The summed E-state index contributed by atoms with van der Waals surface area (Å²) in [5.41, 5.74) is 1.22. The van der Waals surface area contributed by atoms with Crippen molar-refractivity contribution in [3.8, 4) is 0 Å². The first-order valence-electron chi connectivity index (χ1n) is 12.5. The first kappa shape index (κ1) is 28.4. The highest BCUT2D eigenvalue weighted by atomic mass is 35.5. The maximum atomic E-state index is 12.9. The molecule has 0 atom stereocenters. The highest BCUT2D eigenvalue weighted by Crippen LogP contribution is 2.26. The van der Waals surface area contributed by atoms with Crippen LogP contribution in [0.4, 0.5) is 16.2 Å². The van der Waals surface area contributed by atoms with E-state index in [0.29, 0.717) is 24.7 Å². The van der Waals surface area contributed by atoms with Gasteiger partial charge in [-0.3, -0.25) is 19.7 Å². The van der Waals surface area contributed by atoms with Gasteiger partial charge in [0.1, 0.15) is 11.3 Å². The Labute approximate surface area is 236 Å². The van der Waals surface area contributed by atoms with Gasteiger partial charge in [-0.25, -0.2) is 4.79 Å². The first-order chi connectivity index (χ1) is 18.5. The number of aromatic nitrogens is 3. The zero-order valence-electron chi connectivity index (χ0n) is 21.9. The zero-order valence-corrected chi connectivity index (χ0v) is 23.4. The Kier molecular flexibility index (Phi) is 8.76. The quantitative estimate of drug-likeness (QED) is 0.342. The molecule has 10 nitrogen and oxygen atoms in total. The summed E-state index contributed by atoms with van der Waals surface area (Å²) in [6.07, 6.45) is 5.15. The molecule has 4 rings (SSSR count). The number of amides is 3. The predicted molar refractivity (Wildman–Crippen MR) is 149 cm³/mol. The highest BCUT2D eigenvalue weighted by Gasteiger charge is 2.27. The van der Waals surface area contributed by atoms with E-state index in [4.69, 9.17) is 27.9 Å². The van der Waals surface area contributed by atoms with Crippen molar-refractivity contribution in [1.29, 1.82) is 0 Å². The minimum atomic E-state index is -0.566. The van der Waals surface area contributed by atoms with Crippen molar-refractivity contribution in [2.24, 2.45) is 5.92 Å². The summed E-state index contributed by atoms with van der Waals surface area (Å²) in [4.78, 5) is 44.1. The summed E-state index contributed by atoms with van der Waals surface area (Å²) >= 11 is 12.2. The summed E-state index contributed by atoms with van der Waals surface area (Å²) in [6.45, 7) is 6.89. The van der Waals surface area contributed by atoms with Crippen LogP contribution in [0.1, 0.15) is 60.2 Å². The van der Waals surface area contributed by atoms with Crippen molar-refractivity contribution in [3.05, 3.63) is 69.7 Å². The lowest BCUT2D eigenvalue weighted by atomic mass is 9.92. The normalized spacial score (nSPS) is 14.1. The number of carbonyl (C=O) groups is 3. The second-order valence-electron chi connectivity index (χ2n) is 10.3. The SMILES string of the molecule is CC(C)(C)OC(=O)N1CCC(Cc2ccc(NC(=O)c3[nH]ncc3NC(=O)c3c(Cl)cccc3Cl)cn2)CC1. The van der Waals surface area contributed by atoms with Gasteiger partial charge in [0, 0.05) is 18.8 Å². The summed E-state index contributed by atoms with van der Waals surface area (Å²) < 4.78 is 5.46. The van der Waals surface area contributed by atoms with E-state index in [2.05, 4.69) is 25.8 Å². The van der Waals surface area contributed by atoms with Crippen molar-refractivity contribution in [2.75, 3.05) is 23.7 Å². The molecule has 1 fully saturated rings. The predicted octanol–water partition coefficient (Wildman–Crippen LogP) is 5.81. The molecule has 1 aliphatic rings. The fraction of sp³-hybridized carbons (Fsp3) is 0.370. The van der Waals surface area contributed by atoms with Crippen LogP contribution in [0.2, 0.25) is 10.0 Å². The molecule has 0 spiro atoms. The number of carbonyl (C=O) groups excluding carboxylic acids is 3. The number of aromatic amines is 1. The molecule has 2 aromatic heterocycles. The van der Waals surface area contributed by atoms with Gasteiger partial charge < -0.3 is 20.3 Å². The van der Waals surface area contributed by atoms with Crippen LogP contribution in [0.25, 0.3) is 0 Å². The monoisotopic (exact) mass is 572 g/mol. The van der Waals surface area contributed by atoms with E-state index in [1.807, 2.05) is 26.8 Å². The molecule has 0 bridgehead atoms. The lowest BCUT2D eigenvalue weighted by Gasteiger charge is -2.33. The Balaban J connectivity index is 1.30. The summed E-state index contributed by atoms with van der Waals surface area (Å²) in [6, 6.07) is 8.37. The van der Waals surface area contributed by atoms with Gasteiger partial charge >= 0.3 is 6.09 Å². The second kappa shape index (κ2) is 12.0. The third-order valence-electron chi connectivity index (χ3n) is 6.15. The number of hydrogen-bond donors (Lipinski definition) is 3. The Morgan fingerprint density at radius 3 is 2.33 bits per heavy atom. The van der Waals surface area contributed by atoms with Gasteiger partial charge in [-0.1, -0.05) is 29.3 Å². The minimum absolute atomic E-state index is 0.0624. The van der Waals surface area contributed by atoms with E-state index < -0.39 is 17.4 Å². The van der Waals surface area contributed by atoms with Gasteiger partial charge in [0.2, 0.25) is 0 Å². The van der Waals surface area contributed by atoms with E-state index in [-0.39, 0.29) is 33.1 Å². The molecule has 3 amide bonds. The van der Waals surface area contributed by atoms with Crippen molar-refractivity contribution < 1.29 is 19.1 Å². The van der Waals surface area contributed by atoms with E-state index in [0.717, 1.165) is 25.0 Å². The fourth-order valence-electron chi connectivity index (χ4n) is 4.21. The van der Waals surface area contributed by atoms with Crippen LogP contribution < -0.4 is 10.6 Å². The number of halogens is 2. The average Bonchev–Trinajstić information content (AvgIpc) is 3.33. The van der Waals surface area contributed by atoms with E-state index in [1.165, 1.54) is 6.20 Å². The maximum absolute atomic E-state index is 12.9. The van der Waals surface area contributed by atoms with Gasteiger partial charge in [0.25, 0.3) is 11.8 Å². The lowest BCUT2D eigenvalue weighted by Crippen LogP contribution is -2.42. The van der Waals surface area contributed by atoms with E-state index in [9.17, 15) is 14.4 Å². The van der Waals surface area contributed by atoms with Crippen molar-refractivity contribution in [3.63, 3.8) is 0 Å². The first-order valence-corrected chi connectivity index (χ1v) is 13.3. The van der Waals surface area contributed by atoms with Crippen LogP contribution in [-0.2, 0) is 11.2 Å². The molecule has 3 heterocycles. The van der Waals surface area contributed by atoms with Crippen molar-refractivity contribution >= 4 is 52.5 Å². The van der Waals surface area contributed by atoms with Crippen LogP contribution in [-0.4, -0.2) is 56.7 Å². The van der Waals surface area contributed by atoms with E-state index in [1.54, 1.807) is 35.4 Å². The molecule has 206 valence electrons. The molecule has 0 radical (unpaired) electrons. The average molecular weight is 573 g/mol. The molecule has 0 unspecified atom stereocenters. The standard InChI is InChI=1S/C27H30Cl2N6O4/c1-27(2,3)39-26(38)35-11-9-16(10-12-35)13-17-7-8-18(14-30-17)32-25(37)23-21(15-31-34-23)33-24(36)22-19(28)5-4-6-20(22)29/h4-8,14-16H,9-13H2,1-3H3,(H,31,34)(H,32,37)(H,33,36). The number of nitrogens with one attached hydrogen (secondary N) is 3. The third kappa shape index (κ3) is 7.48. The molecule has 0 aliphatic carbocycles.